The molecule has 126 valence electrons. The van der Waals surface area contributed by atoms with Crippen molar-refractivity contribution in [1.29, 1.82) is 0 Å². The van der Waals surface area contributed by atoms with Gasteiger partial charge >= 0.3 is 5.97 Å². The number of carbonyl (C=O) groups is 2. The predicted octanol–water partition coefficient (Wildman–Crippen LogP) is 2.52. The van der Waals surface area contributed by atoms with E-state index in [-0.39, 0.29) is 12.6 Å². The van der Waals surface area contributed by atoms with Crippen molar-refractivity contribution in [2.75, 3.05) is 13.6 Å². The lowest BCUT2D eigenvalue weighted by Gasteiger charge is -2.25. The van der Waals surface area contributed by atoms with Crippen LogP contribution in [0.15, 0.2) is 54.6 Å². The largest absolute Gasteiger partial charge is 0.459 e. The van der Waals surface area contributed by atoms with E-state index in [1.807, 2.05) is 49.2 Å². The zero-order valence-electron chi connectivity index (χ0n) is 13.9. The lowest BCUT2D eigenvalue weighted by molar-refractivity contribution is -0.151. The van der Waals surface area contributed by atoms with E-state index in [2.05, 4.69) is 0 Å². The summed E-state index contributed by atoms with van der Waals surface area (Å²) in [6.07, 6.45) is 0. The highest BCUT2D eigenvalue weighted by Crippen LogP contribution is 2.21. The third-order valence-electron chi connectivity index (χ3n) is 3.90. The van der Waals surface area contributed by atoms with Crippen LogP contribution in [0.25, 0.3) is 0 Å². The second-order valence-corrected chi connectivity index (χ2v) is 5.56. The molecule has 0 aliphatic heterocycles. The number of carbonyl (C=O) groups excluding carboxylic acids is 2. The van der Waals surface area contributed by atoms with Crippen LogP contribution in [0, 0.1) is 0 Å². The molecule has 2 N–H and O–H groups in total. The molecule has 2 rings (SSSR count). The van der Waals surface area contributed by atoms with Crippen LogP contribution in [0.5, 0.6) is 0 Å². The Morgan fingerprint density at radius 2 is 1.71 bits per heavy atom. The van der Waals surface area contributed by atoms with Gasteiger partial charge in [-0.3, -0.25) is 9.69 Å². The van der Waals surface area contributed by atoms with E-state index < -0.39 is 11.9 Å². The van der Waals surface area contributed by atoms with Crippen molar-refractivity contribution in [2.24, 2.45) is 5.73 Å². The third kappa shape index (κ3) is 4.43. The van der Waals surface area contributed by atoms with Crippen LogP contribution in [0.3, 0.4) is 0 Å². The van der Waals surface area contributed by atoms with Gasteiger partial charge < -0.3 is 10.5 Å². The van der Waals surface area contributed by atoms with Gasteiger partial charge in [0.05, 0.1) is 0 Å². The summed E-state index contributed by atoms with van der Waals surface area (Å²) in [6, 6.07) is 15.8. The normalized spacial score (nSPS) is 12.0. The second-order valence-electron chi connectivity index (χ2n) is 5.56. The molecule has 0 saturated carbocycles. The molecule has 5 nitrogen and oxygen atoms in total. The molecule has 0 fully saturated rings. The van der Waals surface area contributed by atoms with Gasteiger partial charge in [0, 0.05) is 5.56 Å². The number of ether oxygens (including phenoxy) is 1. The lowest BCUT2D eigenvalue weighted by Crippen LogP contribution is -2.32. The third-order valence-corrected chi connectivity index (χ3v) is 3.90. The highest BCUT2D eigenvalue weighted by atomic mass is 16.5. The first kappa shape index (κ1) is 17.7. The van der Waals surface area contributed by atoms with Gasteiger partial charge in [0.1, 0.15) is 12.6 Å². The molecule has 0 aliphatic carbocycles. The summed E-state index contributed by atoms with van der Waals surface area (Å²) in [4.78, 5) is 25.6. The standard InChI is InChI=1S/C19H22N2O3/c1-3-21(2)17(15-7-5-4-6-8-15)19(23)24-13-14-9-11-16(12-10-14)18(20)22/h4-12,17H,3,13H2,1-2H3,(H2,20,22)/t17-/m0/s1. The number of hydrogen-bond acceptors (Lipinski definition) is 4. The van der Waals surface area contributed by atoms with Crippen molar-refractivity contribution in [3.8, 4) is 0 Å². The average Bonchev–Trinajstić information content (AvgIpc) is 2.61. The molecule has 2 aromatic carbocycles. The number of likely N-dealkylation sites (N-methyl/N-ethyl adjacent to an activating group) is 1. The van der Waals surface area contributed by atoms with Gasteiger partial charge in [0.2, 0.25) is 5.91 Å². The summed E-state index contributed by atoms with van der Waals surface area (Å²) < 4.78 is 5.47. The highest BCUT2D eigenvalue weighted by Gasteiger charge is 2.25. The molecule has 0 saturated heterocycles. The van der Waals surface area contributed by atoms with Crippen LogP contribution in [0.2, 0.25) is 0 Å². The van der Waals surface area contributed by atoms with E-state index in [0.29, 0.717) is 5.56 Å². The van der Waals surface area contributed by atoms with Crippen molar-refractivity contribution < 1.29 is 14.3 Å². The second kappa shape index (κ2) is 8.26. The molecule has 2 aromatic rings. The number of amides is 1. The molecule has 1 atom stereocenters. The van der Waals surface area contributed by atoms with Crippen molar-refractivity contribution >= 4 is 11.9 Å². The number of nitrogens with two attached hydrogens (primary N) is 1. The number of nitrogens with zero attached hydrogens (tertiary/aromatic N) is 1. The minimum Gasteiger partial charge on any atom is -0.459 e. The molecule has 0 aliphatic rings. The van der Waals surface area contributed by atoms with E-state index in [1.165, 1.54) is 0 Å². The quantitative estimate of drug-likeness (QED) is 0.794. The van der Waals surface area contributed by atoms with Gasteiger partial charge in [-0.15, -0.1) is 0 Å². The zero-order valence-corrected chi connectivity index (χ0v) is 13.9. The topological polar surface area (TPSA) is 72.6 Å². The van der Waals surface area contributed by atoms with E-state index in [4.69, 9.17) is 10.5 Å². The fraction of sp³-hybridized carbons (Fsp3) is 0.263. The van der Waals surface area contributed by atoms with Crippen molar-refractivity contribution in [3.63, 3.8) is 0 Å². The summed E-state index contributed by atoms with van der Waals surface area (Å²) in [7, 11) is 1.89. The first-order valence-corrected chi connectivity index (χ1v) is 7.83. The van der Waals surface area contributed by atoms with Crippen LogP contribution >= 0.6 is 0 Å². The van der Waals surface area contributed by atoms with E-state index in [1.54, 1.807) is 24.3 Å². The number of benzene rings is 2. The molecule has 5 heteroatoms. The van der Waals surface area contributed by atoms with Crippen molar-refractivity contribution in [2.45, 2.75) is 19.6 Å². The Hall–Kier alpha value is -2.66. The Balaban J connectivity index is 2.06. The number of rotatable bonds is 7. The van der Waals surface area contributed by atoms with Crippen molar-refractivity contribution in [3.05, 3.63) is 71.3 Å². The first-order chi connectivity index (χ1) is 11.5. The smallest absolute Gasteiger partial charge is 0.328 e. The fourth-order valence-electron chi connectivity index (χ4n) is 2.39. The van der Waals surface area contributed by atoms with E-state index in [9.17, 15) is 9.59 Å². The number of hydrogen-bond donors (Lipinski definition) is 1. The Kier molecular flexibility index (Phi) is 6.09. The Bertz CT molecular complexity index is 684. The van der Waals surface area contributed by atoms with Crippen molar-refractivity contribution in [1.82, 2.24) is 4.90 Å². The monoisotopic (exact) mass is 326 g/mol. The van der Waals surface area contributed by atoms with Gasteiger partial charge in [-0.25, -0.2) is 4.79 Å². The summed E-state index contributed by atoms with van der Waals surface area (Å²) in [5, 5.41) is 0. The summed E-state index contributed by atoms with van der Waals surface area (Å²) in [5.74, 6) is -0.781. The molecule has 24 heavy (non-hydrogen) atoms. The molecule has 0 spiro atoms. The van der Waals surface area contributed by atoms with Crippen LogP contribution in [-0.4, -0.2) is 30.4 Å². The van der Waals surface area contributed by atoms with Crippen LogP contribution in [-0.2, 0) is 16.1 Å². The highest BCUT2D eigenvalue weighted by molar-refractivity contribution is 5.92. The molecular weight excluding hydrogens is 304 g/mol. The Morgan fingerprint density at radius 3 is 2.25 bits per heavy atom. The maximum atomic E-state index is 12.6. The molecule has 0 aromatic heterocycles. The van der Waals surface area contributed by atoms with Crippen LogP contribution in [0.1, 0.15) is 34.5 Å². The summed E-state index contributed by atoms with van der Waals surface area (Å²) in [5.41, 5.74) is 7.34. The SMILES string of the molecule is CCN(C)[C@H](C(=O)OCc1ccc(C(N)=O)cc1)c1ccccc1. The Labute approximate surface area is 142 Å². The van der Waals surface area contributed by atoms with Gasteiger partial charge in [0.15, 0.2) is 0 Å². The maximum absolute atomic E-state index is 12.6. The fourth-order valence-corrected chi connectivity index (χ4v) is 2.39. The molecule has 0 unspecified atom stereocenters. The lowest BCUT2D eigenvalue weighted by atomic mass is 10.1. The van der Waals surface area contributed by atoms with Gasteiger partial charge in [-0.1, -0.05) is 49.4 Å². The van der Waals surface area contributed by atoms with Gasteiger partial charge in [0.25, 0.3) is 0 Å². The number of primary amides is 1. The molecule has 0 heterocycles. The van der Waals surface area contributed by atoms with E-state index in [0.717, 1.165) is 17.7 Å². The van der Waals surface area contributed by atoms with Crippen LogP contribution in [0.4, 0.5) is 0 Å². The van der Waals surface area contributed by atoms with Crippen LogP contribution < -0.4 is 5.73 Å². The summed E-state index contributed by atoms with van der Waals surface area (Å²) in [6.45, 7) is 2.87. The Morgan fingerprint density at radius 1 is 1.08 bits per heavy atom. The van der Waals surface area contributed by atoms with Gasteiger partial charge in [-0.2, -0.15) is 0 Å². The molecular formula is C19H22N2O3. The minimum absolute atomic E-state index is 0.152. The average molecular weight is 326 g/mol. The minimum atomic E-state index is -0.479. The summed E-state index contributed by atoms with van der Waals surface area (Å²) >= 11 is 0. The zero-order chi connectivity index (χ0) is 17.5. The van der Waals surface area contributed by atoms with E-state index >= 15 is 0 Å². The molecule has 0 radical (unpaired) electrons. The molecule has 1 amide bonds. The number of esters is 1. The molecule has 0 bridgehead atoms. The predicted molar refractivity (Wildman–Crippen MR) is 92.2 cm³/mol. The first-order valence-electron chi connectivity index (χ1n) is 7.83. The maximum Gasteiger partial charge on any atom is 0.328 e. The van der Waals surface area contributed by atoms with Gasteiger partial charge in [-0.05, 0) is 36.9 Å².